The molecule has 0 saturated heterocycles. The van der Waals surface area contributed by atoms with Gasteiger partial charge in [-0.2, -0.15) is 0 Å². The van der Waals surface area contributed by atoms with Crippen LogP contribution in [0.3, 0.4) is 0 Å². The quantitative estimate of drug-likeness (QED) is 0.550. The molecule has 0 radical (unpaired) electrons. The Morgan fingerprint density at radius 3 is 2.63 bits per heavy atom. The molecule has 0 aliphatic carbocycles. The van der Waals surface area contributed by atoms with E-state index in [1.54, 1.807) is 0 Å². The highest BCUT2D eigenvalue weighted by atomic mass is 32.2. The molecule has 0 fully saturated rings. The maximum atomic E-state index is 12.4. The molecule has 1 N–H and O–H groups in total. The standard InChI is InChI=1S/C22H24N4O3S/c1-3-16(4-2)23-20(27)13-30-22-25-24-21(26(22)17-8-6-5-7-9-17)15-10-11-18-19(12-15)29-14-28-18/h5-12,16H,3-4,13-14H2,1-2H3,(H,23,27). The zero-order valence-electron chi connectivity index (χ0n) is 17.0. The number of amides is 1. The zero-order chi connectivity index (χ0) is 20.9. The summed E-state index contributed by atoms with van der Waals surface area (Å²) < 4.78 is 12.9. The Labute approximate surface area is 179 Å². The number of fused-ring (bicyclic) bond motifs is 1. The minimum atomic E-state index is 0.000871. The van der Waals surface area contributed by atoms with E-state index in [-0.39, 0.29) is 24.5 Å². The highest BCUT2D eigenvalue weighted by Crippen LogP contribution is 2.37. The molecule has 2 heterocycles. The van der Waals surface area contributed by atoms with Gasteiger partial charge in [0.15, 0.2) is 22.5 Å². The molecule has 30 heavy (non-hydrogen) atoms. The number of thioether (sulfide) groups is 1. The average Bonchev–Trinajstić information content (AvgIpc) is 3.42. The molecule has 4 rings (SSSR count). The summed E-state index contributed by atoms with van der Waals surface area (Å²) in [5.41, 5.74) is 1.79. The maximum Gasteiger partial charge on any atom is 0.231 e. The second-order valence-corrected chi connectivity index (χ2v) is 7.86. The minimum absolute atomic E-state index is 0.000871. The number of carbonyl (C=O) groups is 1. The van der Waals surface area contributed by atoms with Crippen LogP contribution in [0.25, 0.3) is 17.1 Å². The lowest BCUT2D eigenvalue weighted by atomic mass is 10.2. The van der Waals surface area contributed by atoms with Gasteiger partial charge in [0.05, 0.1) is 5.75 Å². The number of benzene rings is 2. The second kappa shape index (κ2) is 9.21. The summed E-state index contributed by atoms with van der Waals surface area (Å²) in [7, 11) is 0. The van der Waals surface area contributed by atoms with Gasteiger partial charge in [0.2, 0.25) is 12.7 Å². The van der Waals surface area contributed by atoms with Crippen molar-refractivity contribution in [2.75, 3.05) is 12.5 Å². The number of ether oxygens (including phenoxy) is 2. The second-order valence-electron chi connectivity index (χ2n) is 6.91. The summed E-state index contributed by atoms with van der Waals surface area (Å²) in [5.74, 6) is 2.37. The Morgan fingerprint density at radius 1 is 1.10 bits per heavy atom. The van der Waals surface area contributed by atoms with E-state index in [1.165, 1.54) is 11.8 Å². The third-order valence-corrected chi connectivity index (χ3v) is 5.89. The van der Waals surface area contributed by atoms with Crippen LogP contribution in [0.15, 0.2) is 53.7 Å². The lowest BCUT2D eigenvalue weighted by Crippen LogP contribution is -2.35. The van der Waals surface area contributed by atoms with Crippen molar-refractivity contribution in [3.63, 3.8) is 0 Å². The van der Waals surface area contributed by atoms with Gasteiger partial charge in [-0.3, -0.25) is 9.36 Å². The molecule has 1 amide bonds. The fraction of sp³-hybridized carbons (Fsp3) is 0.318. The Balaban J connectivity index is 1.62. The van der Waals surface area contributed by atoms with Crippen molar-refractivity contribution in [3.8, 4) is 28.6 Å². The van der Waals surface area contributed by atoms with Crippen molar-refractivity contribution in [1.82, 2.24) is 20.1 Å². The molecule has 0 spiro atoms. The van der Waals surface area contributed by atoms with Gasteiger partial charge in [0.1, 0.15) is 0 Å². The van der Waals surface area contributed by atoms with Crippen molar-refractivity contribution >= 4 is 17.7 Å². The zero-order valence-corrected chi connectivity index (χ0v) is 17.8. The van der Waals surface area contributed by atoms with Crippen LogP contribution in [0.2, 0.25) is 0 Å². The summed E-state index contributed by atoms with van der Waals surface area (Å²) in [6.45, 7) is 4.37. The molecule has 0 unspecified atom stereocenters. The summed E-state index contributed by atoms with van der Waals surface area (Å²) in [5, 5.41) is 12.5. The van der Waals surface area contributed by atoms with Gasteiger partial charge in [-0.15, -0.1) is 10.2 Å². The first kappa shape index (κ1) is 20.3. The van der Waals surface area contributed by atoms with E-state index in [9.17, 15) is 4.79 Å². The first-order chi connectivity index (χ1) is 14.7. The molecule has 0 saturated carbocycles. The number of nitrogens with zero attached hydrogens (tertiary/aromatic N) is 3. The lowest BCUT2D eigenvalue weighted by molar-refractivity contribution is -0.119. The van der Waals surface area contributed by atoms with Crippen molar-refractivity contribution in [2.45, 2.75) is 37.9 Å². The van der Waals surface area contributed by atoms with Gasteiger partial charge in [-0.05, 0) is 43.2 Å². The van der Waals surface area contributed by atoms with E-state index in [0.29, 0.717) is 16.7 Å². The fourth-order valence-electron chi connectivity index (χ4n) is 3.29. The molecular formula is C22H24N4O3S. The summed E-state index contributed by atoms with van der Waals surface area (Å²) in [6.07, 6.45) is 1.84. The third kappa shape index (κ3) is 4.28. The highest BCUT2D eigenvalue weighted by molar-refractivity contribution is 7.99. The molecule has 8 heteroatoms. The number of hydrogen-bond donors (Lipinski definition) is 1. The molecular weight excluding hydrogens is 400 g/mol. The summed E-state index contributed by atoms with van der Waals surface area (Å²) in [4.78, 5) is 12.4. The molecule has 156 valence electrons. The van der Waals surface area contributed by atoms with Crippen LogP contribution in [0.5, 0.6) is 11.5 Å². The third-order valence-electron chi connectivity index (χ3n) is 4.96. The van der Waals surface area contributed by atoms with Crippen LogP contribution in [-0.4, -0.2) is 39.3 Å². The summed E-state index contributed by atoms with van der Waals surface area (Å²) in [6, 6.07) is 15.8. The first-order valence-electron chi connectivity index (χ1n) is 10.0. The van der Waals surface area contributed by atoms with Gasteiger partial charge >= 0.3 is 0 Å². The largest absolute Gasteiger partial charge is 0.454 e. The van der Waals surface area contributed by atoms with E-state index < -0.39 is 0 Å². The normalized spacial score (nSPS) is 12.4. The Kier molecular flexibility index (Phi) is 6.23. The molecule has 7 nitrogen and oxygen atoms in total. The van der Waals surface area contributed by atoms with Crippen LogP contribution in [-0.2, 0) is 4.79 Å². The number of nitrogens with one attached hydrogen (secondary N) is 1. The van der Waals surface area contributed by atoms with Gasteiger partial charge in [-0.25, -0.2) is 0 Å². The number of para-hydroxylation sites is 1. The number of carbonyl (C=O) groups excluding carboxylic acids is 1. The molecule has 3 aromatic rings. The number of hydrogen-bond acceptors (Lipinski definition) is 6. The highest BCUT2D eigenvalue weighted by Gasteiger charge is 2.20. The molecule has 1 aliphatic rings. The van der Waals surface area contributed by atoms with Crippen molar-refractivity contribution in [1.29, 1.82) is 0 Å². The molecule has 1 aromatic heterocycles. The molecule has 0 bridgehead atoms. The van der Waals surface area contributed by atoms with E-state index >= 15 is 0 Å². The molecule has 1 aliphatic heterocycles. The van der Waals surface area contributed by atoms with E-state index in [2.05, 4.69) is 29.4 Å². The first-order valence-corrected chi connectivity index (χ1v) is 11.0. The molecule has 0 atom stereocenters. The SMILES string of the molecule is CCC(CC)NC(=O)CSc1nnc(-c2ccc3c(c2)OCO3)n1-c1ccccc1. The van der Waals surface area contributed by atoms with Crippen LogP contribution in [0, 0.1) is 0 Å². The Bertz CT molecular complexity index is 1020. The van der Waals surface area contributed by atoms with Crippen molar-refractivity contribution in [2.24, 2.45) is 0 Å². The van der Waals surface area contributed by atoms with Crippen LogP contribution >= 0.6 is 11.8 Å². The van der Waals surface area contributed by atoms with Gasteiger partial charge in [0, 0.05) is 17.3 Å². The van der Waals surface area contributed by atoms with Crippen molar-refractivity contribution < 1.29 is 14.3 Å². The van der Waals surface area contributed by atoms with E-state index in [4.69, 9.17) is 9.47 Å². The Morgan fingerprint density at radius 2 is 1.87 bits per heavy atom. The van der Waals surface area contributed by atoms with Crippen LogP contribution in [0.1, 0.15) is 26.7 Å². The van der Waals surface area contributed by atoms with Crippen LogP contribution in [0.4, 0.5) is 0 Å². The smallest absolute Gasteiger partial charge is 0.231 e. The molecule has 2 aromatic carbocycles. The van der Waals surface area contributed by atoms with Gasteiger partial charge in [-0.1, -0.05) is 43.8 Å². The van der Waals surface area contributed by atoms with Crippen molar-refractivity contribution in [3.05, 3.63) is 48.5 Å². The average molecular weight is 425 g/mol. The van der Waals surface area contributed by atoms with E-state index in [1.807, 2.05) is 53.1 Å². The maximum absolute atomic E-state index is 12.4. The Hall–Kier alpha value is -3.00. The van der Waals surface area contributed by atoms with Crippen LogP contribution < -0.4 is 14.8 Å². The fourth-order valence-corrected chi connectivity index (χ4v) is 4.05. The van der Waals surface area contributed by atoms with Gasteiger partial charge in [0.25, 0.3) is 0 Å². The minimum Gasteiger partial charge on any atom is -0.454 e. The summed E-state index contributed by atoms with van der Waals surface area (Å²) >= 11 is 1.38. The predicted octanol–water partition coefficient (Wildman–Crippen LogP) is 4.06. The lowest BCUT2D eigenvalue weighted by Gasteiger charge is -2.14. The predicted molar refractivity (Wildman–Crippen MR) is 116 cm³/mol. The number of rotatable bonds is 8. The monoisotopic (exact) mass is 424 g/mol. The van der Waals surface area contributed by atoms with Gasteiger partial charge < -0.3 is 14.8 Å². The van der Waals surface area contributed by atoms with E-state index in [0.717, 1.165) is 29.8 Å². The number of aromatic nitrogens is 3. The topological polar surface area (TPSA) is 78.3 Å².